The highest BCUT2D eigenvalue weighted by molar-refractivity contribution is 5.87. The molecule has 0 N–H and O–H groups in total. The third-order valence-electron chi connectivity index (χ3n) is 6.59. The molecular weight excluding hydrogens is 472 g/mol. The zero-order chi connectivity index (χ0) is 27.1. The molecular formula is C28H30N4O5. The molecule has 3 aromatic rings. The SMILES string of the molecule is C#CCN(c1ccc(C(=O)OC)nc1)C1CCc2cc3nc(C)n(OC(=O)C(C)(C)C)c(=O)c3c(C)c21. The number of esters is 1. The van der Waals surface area contributed by atoms with Crippen molar-refractivity contribution in [1.82, 2.24) is 14.7 Å². The normalized spacial score (nSPS) is 14.7. The molecule has 2 aromatic heterocycles. The van der Waals surface area contributed by atoms with Gasteiger partial charge in [-0.3, -0.25) is 4.79 Å². The van der Waals surface area contributed by atoms with Gasteiger partial charge in [-0.05, 0) is 82.3 Å². The third-order valence-corrected chi connectivity index (χ3v) is 6.59. The number of benzene rings is 1. The molecule has 2 heterocycles. The van der Waals surface area contributed by atoms with Crippen molar-refractivity contribution in [2.24, 2.45) is 5.41 Å². The van der Waals surface area contributed by atoms with Gasteiger partial charge in [0.1, 0.15) is 11.5 Å². The van der Waals surface area contributed by atoms with E-state index in [1.54, 1.807) is 46.0 Å². The largest absolute Gasteiger partial charge is 0.464 e. The van der Waals surface area contributed by atoms with Gasteiger partial charge in [-0.2, -0.15) is 0 Å². The summed E-state index contributed by atoms with van der Waals surface area (Å²) in [6.07, 6.45) is 8.89. The van der Waals surface area contributed by atoms with Crippen LogP contribution in [0.25, 0.3) is 10.9 Å². The summed E-state index contributed by atoms with van der Waals surface area (Å²) >= 11 is 0. The van der Waals surface area contributed by atoms with E-state index in [9.17, 15) is 14.4 Å². The van der Waals surface area contributed by atoms with Crippen molar-refractivity contribution in [2.45, 2.75) is 53.5 Å². The van der Waals surface area contributed by atoms with Gasteiger partial charge in [0.05, 0.1) is 47.9 Å². The minimum atomic E-state index is -0.786. The summed E-state index contributed by atoms with van der Waals surface area (Å²) in [7, 11) is 1.31. The molecule has 0 amide bonds. The first kappa shape index (κ1) is 25.9. The number of methoxy groups -OCH3 is 1. The standard InChI is InChI=1S/C28H30N4O5/c1-8-13-31(19-10-11-20(29-15-19)26(34)36-7)22-12-9-18-14-21-24(16(2)23(18)22)25(33)32(17(3)30-21)37-27(35)28(4,5)6/h1,10-11,14-15,22H,9,12-13H2,2-7H3. The lowest BCUT2D eigenvalue weighted by atomic mass is 9.96. The number of aromatic nitrogens is 3. The van der Waals surface area contributed by atoms with Crippen LogP contribution in [0.15, 0.2) is 29.2 Å². The molecule has 1 atom stereocenters. The fourth-order valence-corrected chi connectivity index (χ4v) is 4.72. The van der Waals surface area contributed by atoms with Crippen LogP contribution >= 0.6 is 0 Å². The van der Waals surface area contributed by atoms with Crippen molar-refractivity contribution in [3.8, 4) is 12.3 Å². The Kier molecular flexibility index (Phi) is 6.78. The molecule has 0 saturated carbocycles. The molecule has 1 aromatic carbocycles. The maximum atomic E-state index is 13.6. The Hall–Kier alpha value is -4.19. The number of terminal acetylenes is 1. The average molecular weight is 503 g/mol. The Balaban J connectivity index is 1.82. The lowest BCUT2D eigenvalue weighted by Gasteiger charge is -2.31. The van der Waals surface area contributed by atoms with E-state index in [1.807, 2.05) is 17.9 Å². The van der Waals surface area contributed by atoms with Gasteiger partial charge < -0.3 is 14.5 Å². The minimum absolute atomic E-state index is 0.118. The zero-order valence-electron chi connectivity index (χ0n) is 21.9. The molecule has 9 heteroatoms. The number of carbonyl (C=O) groups excluding carboxylic acids is 2. The first-order valence-electron chi connectivity index (χ1n) is 12.0. The summed E-state index contributed by atoms with van der Waals surface area (Å²) in [6, 6.07) is 5.21. The molecule has 1 aliphatic carbocycles. The summed E-state index contributed by atoms with van der Waals surface area (Å²) in [5, 5.41) is 0.401. The van der Waals surface area contributed by atoms with E-state index in [-0.39, 0.29) is 11.7 Å². The van der Waals surface area contributed by atoms with Gasteiger partial charge >= 0.3 is 11.9 Å². The Morgan fingerprint density at radius 3 is 2.59 bits per heavy atom. The number of fused-ring (bicyclic) bond motifs is 2. The molecule has 192 valence electrons. The molecule has 0 saturated heterocycles. The fraction of sp³-hybridized carbons (Fsp3) is 0.393. The number of ether oxygens (including phenoxy) is 1. The second-order valence-corrected chi connectivity index (χ2v) is 10.1. The molecule has 0 spiro atoms. The van der Waals surface area contributed by atoms with Gasteiger partial charge in [0.25, 0.3) is 5.56 Å². The molecule has 0 radical (unpaired) electrons. The van der Waals surface area contributed by atoms with Crippen molar-refractivity contribution in [2.75, 3.05) is 18.6 Å². The summed E-state index contributed by atoms with van der Waals surface area (Å²) in [4.78, 5) is 54.3. The Morgan fingerprint density at radius 1 is 1.27 bits per heavy atom. The maximum absolute atomic E-state index is 13.6. The number of hydrogen-bond acceptors (Lipinski definition) is 8. The summed E-state index contributed by atoms with van der Waals surface area (Å²) in [5.74, 6) is 1.97. The van der Waals surface area contributed by atoms with Crippen LogP contribution in [0.1, 0.15) is 66.2 Å². The molecule has 0 fully saturated rings. The topological polar surface area (TPSA) is 104 Å². The average Bonchev–Trinajstić information content (AvgIpc) is 3.27. The van der Waals surface area contributed by atoms with E-state index < -0.39 is 22.9 Å². The third kappa shape index (κ3) is 4.67. The van der Waals surface area contributed by atoms with Gasteiger partial charge in [-0.15, -0.1) is 11.2 Å². The fourth-order valence-electron chi connectivity index (χ4n) is 4.72. The van der Waals surface area contributed by atoms with Crippen LogP contribution in [0.4, 0.5) is 5.69 Å². The number of rotatable bonds is 5. The molecule has 9 nitrogen and oxygen atoms in total. The Labute approximate surface area is 215 Å². The second kappa shape index (κ2) is 9.69. The monoisotopic (exact) mass is 502 g/mol. The van der Waals surface area contributed by atoms with E-state index in [0.29, 0.717) is 23.3 Å². The number of carbonyl (C=O) groups is 2. The van der Waals surface area contributed by atoms with Crippen LogP contribution in [0.5, 0.6) is 0 Å². The van der Waals surface area contributed by atoms with Crippen molar-refractivity contribution in [3.63, 3.8) is 0 Å². The highest BCUT2D eigenvalue weighted by Crippen LogP contribution is 2.41. The number of pyridine rings is 1. The quantitative estimate of drug-likeness (QED) is 0.387. The number of anilines is 1. The predicted octanol–water partition coefficient (Wildman–Crippen LogP) is 3.32. The second-order valence-electron chi connectivity index (χ2n) is 10.1. The van der Waals surface area contributed by atoms with Crippen molar-refractivity contribution >= 4 is 28.5 Å². The molecule has 1 unspecified atom stereocenters. The van der Waals surface area contributed by atoms with E-state index in [2.05, 4.69) is 15.9 Å². The Morgan fingerprint density at radius 2 is 2.00 bits per heavy atom. The molecule has 1 aliphatic rings. The predicted molar refractivity (Wildman–Crippen MR) is 139 cm³/mol. The highest BCUT2D eigenvalue weighted by Gasteiger charge is 2.32. The zero-order valence-corrected chi connectivity index (χ0v) is 21.9. The molecule has 0 aliphatic heterocycles. The summed E-state index contributed by atoms with van der Waals surface area (Å²) < 4.78 is 5.72. The van der Waals surface area contributed by atoms with Crippen LogP contribution < -0.4 is 15.3 Å². The first-order chi connectivity index (χ1) is 17.5. The molecule has 4 rings (SSSR count). The number of aryl methyl sites for hydroxylation is 3. The summed E-state index contributed by atoms with van der Waals surface area (Å²) in [6.45, 7) is 9.00. The lowest BCUT2D eigenvalue weighted by Crippen LogP contribution is -2.39. The minimum Gasteiger partial charge on any atom is -0.464 e. The van der Waals surface area contributed by atoms with E-state index in [0.717, 1.165) is 39.9 Å². The van der Waals surface area contributed by atoms with Crippen molar-refractivity contribution in [3.05, 3.63) is 63.0 Å². The van der Waals surface area contributed by atoms with E-state index in [1.165, 1.54) is 7.11 Å². The van der Waals surface area contributed by atoms with Gasteiger partial charge in [0.15, 0.2) is 0 Å². The van der Waals surface area contributed by atoms with Crippen LogP contribution in [-0.4, -0.2) is 40.3 Å². The van der Waals surface area contributed by atoms with E-state index in [4.69, 9.17) is 16.0 Å². The number of hydrogen-bond donors (Lipinski definition) is 0. The number of nitrogens with zero attached hydrogens (tertiary/aromatic N) is 4. The van der Waals surface area contributed by atoms with Crippen molar-refractivity contribution < 1.29 is 19.2 Å². The Bertz CT molecular complexity index is 1490. The van der Waals surface area contributed by atoms with Gasteiger partial charge in [-0.25, -0.2) is 19.6 Å². The summed E-state index contributed by atoms with van der Waals surface area (Å²) in [5.41, 5.74) is 3.16. The lowest BCUT2D eigenvalue weighted by molar-refractivity contribution is -0.154. The van der Waals surface area contributed by atoms with Gasteiger partial charge in [0.2, 0.25) is 0 Å². The molecule has 37 heavy (non-hydrogen) atoms. The maximum Gasteiger partial charge on any atom is 0.356 e. The van der Waals surface area contributed by atoms with Crippen LogP contribution in [0, 0.1) is 31.6 Å². The van der Waals surface area contributed by atoms with Crippen molar-refractivity contribution in [1.29, 1.82) is 0 Å². The van der Waals surface area contributed by atoms with Crippen LogP contribution in [0.2, 0.25) is 0 Å². The van der Waals surface area contributed by atoms with Crippen LogP contribution in [0.3, 0.4) is 0 Å². The van der Waals surface area contributed by atoms with Crippen LogP contribution in [-0.2, 0) is 16.0 Å². The highest BCUT2D eigenvalue weighted by atomic mass is 16.7. The first-order valence-corrected chi connectivity index (χ1v) is 12.0. The molecule has 0 bridgehead atoms. The van der Waals surface area contributed by atoms with Gasteiger partial charge in [0, 0.05) is 0 Å². The van der Waals surface area contributed by atoms with Gasteiger partial charge in [-0.1, -0.05) is 5.92 Å². The van der Waals surface area contributed by atoms with E-state index >= 15 is 0 Å². The smallest absolute Gasteiger partial charge is 0.356 e.